The third kappa shape index (κ3) is 4.43. The van der Waals surface area contributed by atoms with Gasteiger partial charge in [0, 0.05) is 5.02 Å². The van der Waals surface area contributed by atoms with Crippen molar-refractivity contribution < 1.29 is 13.7 Å². The van der Waals surface area contributed by atoms with Gasteiger partial charge in [-0.1, -0.05) is 71.8 Å². The highest BCUT2D eigenvalue weighted by molar-refractivity contribution is 7.82. The monoisotopic (exact) mass is 454 g/mol. The van der Waals surface area contributed by atoms with Crippen molar-refractivity contribution in [3.63, 3.8) is 0 Å². The highest BCUT2D eigenvalue weighted by atomic mass is 35.5. The first-order valence-electron chi connectivity index (χ1n) is 9.91. The Morgan fingerprint density at radius 3 is 2.23 bits per heavy atom. The van der Waals surface area contributed by atoms with Gasteiger partial charge in [0.05, 0.1) is 24.2 Å². The minimum atomic E-state index is -1.54. The van der Waals surface area contributed by atoms with Gasteiger partial charge in [-0.2, -0.15) is 4.31 Å². The van der Waals surface area contributed by atoms with E-state index < -0.39 is 35.2 Å². The number of aryl methyl sites for hydroxylation is 1. The van der Waals surface area contributed by atoms with Crippen LogP contribution in [0.4, 0.5) is 0 Å². The summed E-state index contributed by atoms with van der Waals surface area (Å²) in [5, 5.41) is 3.95. The molecule has 5 nitrogen and oxygen atoms in total. The number of ether oxygens (including phenoxy) is 1. The molecule has 1 aliphatic rings. The maximum Gasteiger partial charge on any atom is 0.324 e. The molecule has 1 N–H and O–H groups in total. The van der Waals surface area contributed by atoms with Crippen LogP contribution in [0.5, 0.6) is 0 Å². The Bertz CT molecular complexity index is 1070. The van der Waals surface area contributed by atoms with Gasteiger partial charge in [-0.15, -0.1) is 0 Å². The van der Waals surface area contributed by atoms with Gasteiger partial charge in [0.2, 0.25) is 0 Å². The molecule has 31 heavy (non-hydrogen) atoms. The molecule has 0 spiro atoms. The number of esters is 1. The number of nitrogens with zero attached hydrogens (tertiary/aromatic N) is 1. The van der Waals surface area contributed by atoms with Crippen molar-refractivity contribution in [3.05, 3.63) is 101 Å². The van der Waals surface area contributed by atoms with Crippen molar-refractivity contribution in [2.24, 2.45) is 0 Å². The largest absolute Gasteiger partial charge is 0.468 e. The molecule has 4 rings (SSSR count). The predicted molar refractivity (Wildman–Crippen MR) is 122 cm³/mol. The lowest BCUT2D eigenvalue weighted by atomic mass is 10.0. The van der Waals surface area contributed by atoms with E-state index in [-0.39, 0.29) is 0 Å². The standard InChI is InChI=1S/C24H23ClN2O3S/c1-16-8-14-20(15-9-16)31(29)27-22(17-10-12-19(25)13-11-17)21(24(28)30-2)26-23(27)18-6-4-3-5-7-18/h3-15,21-23,26H,1-2H3/t21-,22+,23-,31-/m0/s1. The minimum Gasteiger partial charge on any atom is -0.468 e. The van der Waals surface area contributed by atoms with E-state index in [0.717, 1.165) is 16.7 Å². The first kappa shape index (κ1) is 21.7. The lowest BCUT2D eigenvalue weighted by Crippen LogP contribution is -2.37. The summed E-state index contributed by atoms with van der Waals surface area (Å²) in [5.74, 6) is -0.413. The molecule has 0 radical (unpaired) electrons. The summed E-state index contributed by atoms with van der Waals surface area (Å²) < 4.78 is 20.8. The van der Waals surface area contributed by atoms with Crippen LogP contribution in [-0.4, -0.2) is 27.6 Å². The third-order valence-corrected chi connectivity index (χ3v) is 7.13. The predicted octanol–water partition coefficient (Wildman–Crippen LogP) is 4.56. The molecular weight excluding hydrogens is 432 g/mol. The first-order chi connectivity index (χ1) is 15.0. The second kappa shape index (κ2) is 9.32. The third-order valence-electron chi connectivity index (χ3n) is 5.38. The van der Waals surface area contributed by atoms with Crippen molar-refractivity contribution in [1.82, 2.24) is 9.62 Å². The van der Waals surface area contributed by atoms with Crippen molar-refractivity contribution in [2.75, 3.05) is 7.11 Å². The van der Waals surface area contributed by atoms with Crippen LogP contribution in [0.1, 0.15) is 28.9 Å². The van der Waals surface area contributed by atoms with Gasteiger partial charge in [0.15, 0.2) is 0 Å². The van der Waals surface area contributed by atoms with Crippen LogP contribution >= 0.6 is 11.6 Å². The highest BCUT2D eigenvalue weighted by Gasteiger charge is 2.49. The first-order valence-corrected chi connectivity index (χ1v) is 11.4. The number of nitrogens with one attached hydrogen (secondary N) is 1. The zero-order valence-electron chi connectivity index (χ0n) is 17.2. The zero-order valence-corrected chi connectivity index (χ0v) is 18.8. The van der Waals surface area contributed by atoms with E-state index in [4.69, 9.17) is 16.3 Å². The van der Waals surface area contributed by atoms with E-state index >= 15 is 0 Å². The van der Waals surface area contributed by atoms with Gasteiger partial charge < -0.3 is 4.74 Å². The molecule has 0 unspecified atom stereocenters. The molecule has 0 aromatic heterocycles. The fraction of sp³-hybridized carbons (Fsp3) is 0.208. The lowest BCUT2D eigenvalue weighted by Gasteiger charge is -2.29. The molecule has 1 fully saturated rings. The van der Waals surface area contributed by atoms with Crippen LogP contribution in [0.15, 0.2) is 83.8 Å². The van der Waals surface area contributed by atoms with Crippen LogP contribution in [0, 0.1) is 6.92 Å². The number of carbonyl (C=O) groups is 1. The zero-order chi connectivity index (χ0) is 22.0. The molecule has 4 atom stereocenters. The number of rotatable bonds is 5. The van der Waals surface area contributed by atoms with E-state index in [0.29, 0.717) is 9.92 Å². The molecule has 3 aromatic carbocycles. The van der Waals surface area contributed by atoms with Gasteiger partial charge in [-0.05, 0) is 42.3 Å². The quantitative estimate of drug-likeness (QED) is 0.574. The molecule has 0 saturated carbocycles. The van der Waals surface area contributed by atoms with Crippen LogP contribution < -0.4 is 5.32 Å². The van der Waals surface area contributed by atoms with E-state index in [1.54, 1.807) is 12.1 Å². The van der Waals surface area contributed by atoms with Crippen molar-refractivity contribution >= 4 is 28.6 Å². The molecule has 0 aliphatic carbocycles. The van der Waals surface area contributed by atoms with E-state index in [9.17, 15) is 9.00 Å². The maximum atomic E-state index is 13.9. The number of methoxy groups -OCH3 is 1. The second-order valence-electron chi connectivity index (χ2n) is 7.40. The van der Waals surface area contributed by atoms with Crippen LogP contribution in [-0.2, 0) is 20.5 Å². The number of hydrogen-bond donors (Lipinski definition) is 1. The summed E-state index contributed by atoms with van der Waals surface area (Å²) in [5.41, 5.74) is 2.82. The summed E-state index contributed by atoms with van der Waals surface area (Å²) in [6.45, 7) is 1.99. The van der Waals surface area contributed by atoms with E-state index in [1.807, 2.05) is 78.0 Å². The van der Waals surface area contributed by atoms with Crippen molar-refractivity contribution in [1.29, 1.82) is 0 Å². The fourth-order valence-corrected chi connectivity index (χ4v) is 5.38. The van der Waals surface area contributed by atoms with E-state index in [2.05, 4.69) is 5.32 Å². The average Bonchev–Trinajstić information content (AvgIpc) is 3.20. The Labute approximate surface area is 189 Å². The Hall–Kier alpha value is -2.51. The Kier molecular flexibility index (Phi) is 6.53. The molecule has 0 amide bonds. The van der Waals surface area contributed by atoms with Gasteiger partial charge in [-0.25, -0.2) is 4.21 Å². The Morgan fingerprint density at radius 2 is 1.61 bits per heavy atom. The van der Waals surface area contributed by atoms with Crippen LogP contribution in [0.25, 0.3) is 0 Å². The van der Waals surface area contributed by atoms with Gasteiger partial charge >= 0.3 is 5.97 Å². The molecule has 3 aromatic rings. The molecule has 0 bridgehead atoms. The number of benzene rings is 3. The number of carbonyl (C=O) groups excluding carboxylic acids is 1. The average molecular weight is 455 g/mol. The molecule has 160 valence electrons. The summed E-state index contributed by atoms with van der Waals surface area (Å²) in [6.07, 6.45) is -0.451. The SMILES string of the molecule is COC(=O)[C@H]1N[C@H](c2ccccc2)N([S@@](=O)c2ccc(C)cc2)[C@@H]1c1ccc(Cl)cc1. The Balaban J connectivity index is 1.85. The summed E-state index contributed by atoms with van der Waals surface area (Å²) in [6, 6.07) is 23.3. The highest BCUT2D eigenvalue weighted by Crippen LogP contribution is 2.41. The smallest absolute Gasteiger partial charge is 0.324 e. The summed E-state index contributed by atoms with van der Waals surface area (Å²) in [7, 11) is -0.181. The maximum absolute atomic E-state index is 13.9. The van der Waals surface area contributed by atoms with Gasteiger partial charge in [-0.3, -0.25) is 10.1 Å². The normalized spacial score (nSPS) is 22.2. The number of halogens is 1. The molecule has 1 aliphatic heterocycles. The van der Waals surface area contributed by atoms with Crippen molar-refractivity contribution in [2.45, 2.75) is 30.1 Å². The molecule has 1 heterocycles. The second-order valence-corrected chi connectivity index (χ2v) is 9.23. The summed E-state index contributed by atoms with van der Waals surface area (Å²) in [4.78, 5) is 13.4. The lowest BCUT2D eigenvalue weighted by molar-refractivity contribution is -0.143. The van der Waals surface area contributed by atoms with Crippen molar-refractivity contribution in [3.8, 4) is 0 Å². The molecular formula is C24H23ClN2O3S. The molecule has 7 heteroatoms. The van der Waals surface area contributed by atoms with Gasteiger partial charge in [0.1, 0.15) is 17.0 Å². The van der Waals surface area contributed by atoms with Gasteiger partial charge in [0.25, 0.3) is 0 Å². The topological polar surface area (TPSA) is 58.6 Å². The van der Waals surface area contributed by atoms with E-state index in [1.165, 1.54) is 7.11 Å². The van der Waals surface area contributed by atoms with Crippen LogP contribution in [0.2, 0.25) is 5.02 Å². The van der Waals surface area contributed by atoms with Crippen LogP contribution in [0.3, 0.4) is 0 Å². The molecule has 1 saturated heterocycles. The number of hydrogen-bond acceptors (Lipinski definition) is 4. The Morgan fingerprint density at radius 1 is 0.968 bits per heavy atom. The summed E-state index contributed by atoms with van der Waals surface area (Å²) >= 11 is 6.10. The fourth-order valence-electron chi connectivity index (χ4n) is 3.82. The minimum absolute atomic E-state index is 0.413.